The molecule has 0 radical (unpaired) electrons. The van der Waals surface area contributed by atoms with Gasteiger partial charge in [-0.1, -0.05) is 0 Å². The van der Waals surface area contributed by atoms with Crippen LogP contribution in [0.1, 0.15) is 22.3 Å². The fourth-order valence-electron chi connectivity index (χ4n) is 1.70. The van der Waals surface area contributed by atoms with Crippen molar-refractivity contribution in [2.45, 2.75) is 13.8 Å². The van der Waals surface area contributed by atoms with E-state index < -0.39 is 0 Å². The molecule has 0 aliphatic rings. The number of hydrogen-bond donors (Lipinski definition) is 1. The zero-order valence-corrected chi connectivity index (χ0v) is 12.0. The normalized spacial score (nSPS) is 10.3. The monoisotopic (exact) mass is 276 g/mol. The highest BCUT2D eigenvalue weighted by molar-refractivity contribution is 7.17. The zero-order valence-electron chi connectivity index (χ0n) is 11.2. The van der Waals surface area contributed by atoms with Gasteiger partial charge >= 0.3 is 0 Å². The van der Waals surface area contributed by atoms with E-state index in [0.29, 0.717) is 11.5 Å². The van der Waals surface area contributed by atoms with Gasteiger partial charge in [0.25, 0.3) is 5.91 Å². The van der Waals surface area contributed by atoms with Crippen molar-refractivity contribution in [2.24, 2.45) is 0 Å². The molecule has 5 heteroatoms. The van der Waals surface area contributed by atoms with Crippen LogP contribution in [0.3, 0.4) is 0 Å². The van der Waals surface area contributed by atoms with Gasteiger partial charge in [0.2, 0.25) is 0 Å². The summed E-state index contributed by atoms with van der Waals surface area (Å²) < 4.78 is 5.40. The minimum atomic E-state index is -0.0906. The molecular weight excluding hydrogens is 260 g/mol. The van der Waals surface area contributed by atoms with Crippen LogP contribution >= 0.6 is 11.3 Å². The molecule has 0 aliphatic heterocycles. The van der Waals surface area contributed by atoms with Crippen LogP contribution < -0.4 is 10.1 Å². The number of thiazole rings is 1. The summed E-state index contributed by atoms with van der Waals surface area (Å²) in [5.41, 5.74) is 1.75. The first kappa shape index (κ1) is 13.5. The Kier molecular flexibility index (Phi) is 4.16. The Morgan fingerprint density at radius 1 is 1.37 bits per heavy atom. The zero-order chi connectivity index (χ0) is 13.8. The van der Waals surface area contributed by atoms with Gasteiger partial charge in [0.15, 0.2) is 0 Å². The first-order valence-electron chi connectivity index (χ1n) is 6.08. The quantitative estimate of drug-likeness (QED) is 0.934. The number of aryl methyl sites for hydroxylation is 1. The van der Waals surface area contributed by atoms with Gasteiger partial charge < -0.3 is 10.1 Å². The molecule has 1 heterocycles. The average molecular weight is 276 g/mol. The molecule has 0 spiro atoms. The number of hydrogen-bond acceptors (Lipinski definition) is 4. The lowest BCUT2D eigenvalue weighted by Gasteiger charge is -2.02. The molecule has 100 valence electrons. The molecule has 1 N–H and O–H groups in total. The number of amides is 1. The topological polar surface area (TPSA) is 51.2 Å². The summed E-state index contributed by atoms with van der Waals surface area (Å²) in [7, 11) is 1.62. The molecule has 0 fully saturated rings. The van der Waals surface area contributed by atoms with Crippen molar-refractivity contribution in [3.05, 3.63) is 34.8 Å². The predicted octanol–water partition coefficient (Wildman–Crippen LogP) is 2.88. The van der Waals surface area contributed by atoms with E-state index in [9.17, 15) is 4.79 Å². The maximum Gasteiger partial charge on any atom is 0.263 e. The second-order valence-electron chi connectivity index (χ2n) is 3.97. The molecule has 0 atom stereocenters. The van der Waals surface area contributed by atoms with Crippen molar-refractivity contribution in [1.82, 2.24) is 10.3 Å². The summed E-state index contributed by atoms with van der Waals surface area (Å²) in [5.74, 6) is 0.748. The van der Waals surface area contributed by atoms with Crippen molar-refractivity contribution in [3.63, 3.8) is 0 Å². The standard InChI is InChI=1S/C14H16N2O2S/c1-4-18-11-7-5-10(6-8-11)14-16-9(2)12(19-14)13(17)15-3/h5-8H,4H2,1-3H3,(H,15,17). The molecule has 4 nitrogen and oxygen atoms in total. The predicted molar refractivity (Wildman–Crippen MR) is 76.8 cm³/mol. The lowest BCUT2D eigenvalue weighted by molar-refractivity contribution is 0.0966. The number of carbonyl (C=O) groups is 1. The van der Waals surface area contributed by atoms with Crippen LogP contribution in [0.25, 0.3) is 10.6 Å². The minimum absolute atomic E-state index is 0.0906. The molecule has 0 bridgehead atoms. The second kappa shape index (κ2) is 5.84. The second-order valence-corrected chi connectivity index (χ2v) is 4.97. The number of benzene rings is 1. The maximum absolute atomic E-state index is 11.7. The number of ether oxygens (including phenoxy) is 1. The van der Waals surface area contributed by atoms with Crippen molar-refractivity contribution in [1.29, 1.82) is 0 Å². The van der Waals surface area contributed by atoms with Crippen molar-refractivity contribution >= 4 is 17.2 Å². The SMILES string of the molecule is CCOc1ccc(-c2nc(C)c(C(=O)NC)s2)cc1. The van der Waals surface area contributed by atoms with Gasteiger partial charge in [-0.15, -0.1) is 11.3 Å². The molecule has 2 aromatic rings. The summed E-state index contributed by atoms with van der Waals surface area (Å²) in [6, 6.07) is 7.73. The Morgan fingerprint density at radius 3 is 2.63 bits per heavy atom. The lowest BCUT2D eigenvalue weighted by Crippen LogP contribution is -2.17. The molecule has 1 aromatic carbocycles. The van der Waals surface area contributed by atoms with Gasteiger partial charge in [-0.25, -0.2) is 4.98 Å². The van der Waals surface area contributed by atoms with Crippen LogP contribution in [0.5, 0.6) is 5.75 Å². The number of aromatic nitrogens is 1. The first-order chi connectivity index (χ1) is 9.15. The highest BCUT2D eigenvalue weighted by Crippen LogP contribution is 2.29. The van der Waals surface area contributed by atoms with Gasteiger partial charge in [0, 0.05) is 12.6 Å². The minimum Gasteiger partial charge on any atom is -0.494 e. The molecule has 2 rings (SSSR count). The van der Waals surface area contributed by atoms with E-state index in [4.69, 9.17) is 4.74 Å². The Hall–Kier alpha value is -1.88. The summed E-state index contributed by atoms with van der Waals surface area (Å²) in [4.78, 5) is 16.8. The van der Waals surface area contributed by atoms with E-state index in [2.05, 4.69) is 10.3 Å². The van der Waals surface area contributed by atoms with Crippen LogP contribution in [0.2, 0.25) is 0 Å². The Bertz CT molecular complexity index is 576. The lowest BCUT2D eigenvalue weighted by atomic mass is 10.2. The summed E-state index contributed by atoms with van der Waals surface area (Å²) in [6.07, 6.45) is 0. The van der Waals surface area contributed by atoms with Crippen LogP contribution in [-0.4, -0.2) is 24.5 Å². The van der Waals surface area contributed by atoms with Crippen LogP contribution in [0.4, 0.5) is 0 Å². The Labute approximate surface area is 116 Å². The van der Waals surface area contributed by atoms with Crippen molar-refractivity contribution in [2.75, 3.05) is 13.7 Å². The molecule has 19 heavy (non-hydrogen) atoms. The van der Waals surface area contributed by atoms with E-state index in [1.807, 2.05) is 38.1 Å². The van der Waals surface area contributed by atoms with Gasteiger partial charge in [0.1, 0.15) is 15.6 Å². The van der Waals surface area contributed by atoms with Gasteiger partial charge in [-0.3, -0.25) is 4.79 Å². The van der Waals surface area contributed by atoms with Crippen LogP contribution in [0.15, 0.2) is 24.3 Å². The highest BCUT2D eigenvalue weighted by atomic mass is 32.1. The van der Waals surface area contributed by atoms with E-state index >= 15 is 0 Å². The van der Waals surface area contributed by atoms with Gasteiger partial charge in [-0.2, -0.15) is 0 Å². The summed E-state index contributed by atoms with van der Waals surface area (Å²) >= 11 is 1.40. The van der Waals surface area contributed by atoms with E-state index in [1.165, 1.54) is 11.3 Å². The van der Waals surface area contributed by atoms with Crippen LogP contribution in [0, 0.1) is 6.92 Å². The third-order valence-electron chi connectivity index (χ3n) is 2.64. The number of nitrogens with zero attached hydrogens (tertiary/aromatic N) is 1. The largest absolute Gasteiger partial charge is 0.494 e. The van der Waals surface area contributed by atoms with E-state index in [-0.39, 0.29) is 5.91 Å². The molecule has 0 saturated heterocycles. The number of nitrogens with one attached hydrogen (secondary N) is 1. The summed E-state index contributed by atoms with van der Waals surface area (Å²) in [6.45, 7) is 4.45. The molecule has 0 unspecified atom stereocenters. The Balaban J connectivity index is 2.29. The summed E-state index contributed by atoms with van der Waals surface area (Å²) in [5, 5.41) is 3.47. The van der Waals surface area contributed by atoms with E-state index in [0.717, 1.165) is 22.0 Å². The third-order valence-corrected chi connectivity index (χ3v) is 3.85. The Morgan fingerprint density at radius 2 is 2.05 bits per heavy atom. The number of rotatable bonds is 4. The smallest absolute Gasteiger partial charge is 0.263 e. The maximum atomic E-state index is 11.7. The molecule has 0 saturated carbocycles. The molecule has 1 aromatic heterocycles. The molecule has 1 amide bonds. The van der Waals surface area contributed by atoms with Gasteiger partial charge in [-0.05, 0) is 38.1 Å². The molecular formula is C14H16N2O2S. The van der Waals surface area contributed by atoms with Gasteiger partial charge in [0.05, 0.1) is 12.3 Å². The highest BCUT2D eigenvalue weighted by Gasteiger charge is 2.14. The first-order valence-corrected chi connectivity index (χ1v) is 6.90. The molecule has 0 aliphatic carbocycles. The fraction of sp³-hybridized carbons (Fsp3) is 0.286. The van der Waals surface area contributed by atoms with Crippen molar-refractivity contribution in [3.8, 4) is 16.3 Å². The average Bonchev–Trinajstić information content (AvgIpc) is 2.81. The van der Waals surface area contributed by atoms with E-state index in [1.54, 1.807) is 7.05 Å². The third kappa shape index (κ3) is 2.93. The van der Waals surface area contributed by atoms with Crippen molar-refractivity contribution < 1.29 is 9.53 Å². The number of carbonyl (C=O) groups excluding carboxylic acids is 1. The van der Waals surface area contributed by atoms with Crippen LogP contribution in [-0.2, 0) is 0 Å². The fourth-order valence-corrected chi connectivity index (χ4v) is 2.72.